The van der Waals surface area contributed by atoms with Crippen LogP contribution in [0.5, 0.6) is 6.01 Å². The first-order valence-corrected chi connectivity index (χ1v) is 10.1. The van der Waals surface area contributed by atoms with Gasteiger partial charge in [0.1, 0.15) is 6.10 Å². The Morgan fingerprint density at radius 1 is 0.885 bits per heavy atom. The largest absolute Gasteiger partial charge is 0.460 e. The number of aryl methyl sites for hydroxylation is 2. The predicted molar refractivity (Wildman–Crippen MR) is 101 cm³/mol. The molecule has 0 atom stereocenters. The van der Waals surface area contributed by atoms with Crippen LogP contribution in [0.25, 0.3) is 0 Å². The van der Waals surface area contributed by atoms with Crippen LogP contribution in [0, 0.1) is 13.8 Å². The van der Waals surface area contributed by atoms with Gasteiger partial charge < -0.3 is 15.4 Å². The van der Waals surface area contributed by atoms with Crippen molar-refractivity contribution < 1.29 is 9.53 Å². The molecule has 1 heterocycles. The van der Waals surface area contributed by atoms with Gasteiger partial charge in [0, 0.05) is 23.5 Å². The lowest BCUT2D eigenvalue weighted by atomic mass is 9.93. The highest BCUT2D eigenvalue weighted by atomic mass is 16.5. The van der Waals surface area contributed by atoms with Crippen molar-refractivity contribution in [1.82, 2.24) is 20.6 Å². The van der Waals surface area contributed by atoms with Crippen LogP contribution in [0.2, 0.25) is 0 Å². The second kappa shape index (κ2) is 9.19. The third-order valence-corrected chi connectivity index (χ3v) is 5.43. The lowest BCUT2D eigenvalue weighted by molar-refractivity contribution is 0.128. The topological polar surface area (TPSA) is 76.1 Å². The normalized spacial score (nSPS) is 24.5. The summed E-state index contributed by atoms with van der Waals surface area (Å²) in [6, 6.07) is 3.00. The maximum Gasteiger partial charge on any atom is 0.317 e. The molecule has 0 aromatic carbocycles. The summed E-state index contributed by atoms with van der Waals surface area (Å²) in [5.41, 5.74) is 1.86. The van der Waals surface area contributed by atoms with Gasteiger partial charge >= 0.3 is 12.0 Å². The molecule has 2 amide bonds. The fraction of sp³-hybridized carbons (Fsp3) is 0.750. The van der Waals surface area contributed by atoms with Crippen LogP contribution in [0.15, 0.2) is 6.07 Å². The minimum Gasteiger partial charge on any atom is -0.460 e. The maximum atomic E-state index is 12.3. The number of nitrogens with zero attached hydrogens (tertiary/aromatic N) is 2. The van der Waals surface area contributed by atoms with Crippen molar-refractivity contribution in [3.63, 3.8) is 0 Å². The molecule has 2 aliphatic rings. The molecular formula is C20H32N4O2. The van der Waals surface area contributed by atoms with E-state index in [4.69, 9.17) is 4.74 Å². The molecule has 2 aliphatic carbocycles. The maximum absolute atomic E-state index is 12.3. The summed E-state index contributed by atoms with van der Waals surface area (Å²) in [4.78, 5) is 21.0. The molecule has 6 nitrogen and oxygen atoms in total. The molecule has 26 heavy (non-hydrogen) atoms. The predicted octanol–water partition coefficient (Wildman–Crippen LogP) is 3.81. The quantitative estimate of drug-likeness (QED) is 0.801. The van der Waals surface area contributed by atoms with Gasteiger partial charge in [0.25, 0.3) is 0 Å². The smallest absolute Gasteiger partial charge is 0.317 e. The zero-order chi connectivity index (χ0) is 18.4. The van der Waals surface area contributed by atoms with Gasteiger partial charge in [-0.25, -0.2) is 14.8 Å². The Labute approximate surface area is 156 Å². The molecule has 2 N–H and O–H groups in total. The van der Waals surface area contributed by atoms with Crippen LogP contribution < -0.4 is 15.4 Å². The van der Waals surface area contributed by atoms with Crippen molar-refractivity contribution in [3.8, 4) is 6.01 Å². The average Bonchev–Trinajstić information content (AvgIpc) is 2.84. The summed E-state index contributed by atoms with van der Waals surface area (Å²) >= 11 is 0. The van der Waals surface area contributed by atoms with E-state index in [1.165, 1.54) is 25.7 Å². The number of nitrogens with one attached hydrogen (secondary N) is 2. The highest BCUT2D eigenvalue weighted by molar-refractivity contribution is 5.74. The van der Waals surface area contributed by atoms with Crippen LogP contribution in [0.1, 0.15) is 75.6 Å². The number of ether oxygens (including phenoxy) is 1. The van der Waals surface area contributed by atoms with Crippen LogP contribution in [0.3, 0.4) is 0 Å². The summed E-state index contributed by atoms with van der Waals surface area (Å²) in [5.74, 6) is 0. The Kier molecular flexibility index (Phi) is 6.69. The molecule has 0 bridgehead atoms. The third-order valence-electron chi connectivity index (χ3n) is 5.43. The number of urea groups is 1. The minimum atomic E-state index is -0.00101. The van der Waals surface area contributed by atoms with Crippen LogP contribution >= 0.6 is 0 Å². The number of amides is 2. The summed E-state index contributed by atoms with van der Waals surface area (Å²) < 4.78 is 5.96. The molecular weight excluding hydrogens is 328 g/mol. The van der Waals surface area contributed by atoms with Gasteiger partial charge in [-0.15, -0.1) is 0 Å². The van der Waals surface area contributed by atoms with E-state index in [9.17, 15) is 4.79 Å². The fourth-order valence-corrected chi connectivity index (χ4v) is 4.06. The molecule has 0 aliphatic heterocycles. The molecule has 2 saturated carbocycles. The molecule has 3 rings (SSSR count). The standard InChI is InChI=1S/C20H32N4O2/c1-14-13-15(2)22-20(21-14)26-18-11-9-17(10-12-18)24-19(25)23-16-7-5-3-4-6-8-16/h13,16-18H,3-12H2,1-2H3,(H2,23,24,25). The van der Waals surface area contributed by atoms with Gasteiger partial charge in [-0.1, -0.05) is 25.7 Å². The molecule has 0 radical (unpaired) electrons. The molecule has 1 aromatic heterocycles. The SMILES string of the molecule is Cc1cc(C)nc(OC2CCC(NC(=O)NC3CCCCCC3)CC2)n1. The van der Waals surface area contributed by atoms with E-state index in [1.807, 2.05) is 19.9 Å². The first-order valence-electron chi connectivity index (χ1n) is 10.1. The molecule has 1 aromatic rings. The van der Waals surface area contributed by atoms with E-state index in [2.05, 4.69) is 20.6 Å². The van der Waals surface area contributed by atoms with E-state index in [0.29, 0.717) is 12.1 Å². The van der Waals surface area contributed by atoms with Gasteiger partial charge in [-0.3, -0.25) is 0 Å². The van der Waals surface area contributed by atoms with Gasteiger partial charge in [-0.2, -0.15) is 0 Å². The average molecular weight is 361 g/mol. The van der Waals surface area contributed by atoms with Crippen LogP contribution in [-0.2, 0) is 0 Å². The van der Waals surface area contributed by atoms with Crippen molar-refractivity contribution in [2.24, 2.45) is 0 Å². The zero-order valence-corrected chi connectivity index (χ0v) is 16.1. The van der Waals surface area contributed by atoms with Crippen LogP contribution in [-0.4, -0.2) is 34.2 Å². The number of rotatable bonds is 4. The molecule has 144 valence electrons. The molecule has 0 spiro atoms. The number of carbonyl (C=O) groups excluding carboxylic acids is 1. The van der Waals surface area contributed by atoms with E-state index < -0.39 is 0 Å². The van der Waals surface area contributed by atoms with Gasteiger partial charge in [0.2, 0.25) is 0 Å². The highest BCUT2D eigenvalue weighted by Gasteiger charge is 2.25. The minimum absolute atomic E-state index is 0.00101. The summed E-state index contributed by atoms with van der Waals surface area (Å²) in [6.07, 6.45) is 11.1. The molecule has 0 unspecified atom stereocenters. The van der Waals surface area contributed by atoms with E-state index in [-0.39, 0.29) is 18.2 Å². The Hall–Kier alpha value is -1.85. The van der Waals surface area contributed by atoms with Gasteiger partial charge in [0.05, 0.1) is 0 Å². The van der Waals surface area contributed by atoms with Crippen molar-refractivity contribution >= 4 is 6.03 Å². The van der Waals surface area contributed by atoms with Crippen molar-refractivity contribution in [3.05, 3.63) is 17.5 Å². The van der Waals surface area contributed by atoms with Crippen LogP contribution in [0.4, 0.5) is 4.79 Å². The highest BCUT2D eigenvalue weighted by Crippen LogP contribution is 2.23. The van der Waals surface area contributed by atoms with E-state index >= 15 is 0 Å². The van der Waals surface area contributed by atoms with Gasteiger partial charge in [-0.05, 0) is 58.4 Å². The molecule has 6 heteroatoms. The van der Waals surface area contributed by atoms with E-state index in [0.717, 1.165) is 49.9 Å². The summed E-state index contributed by atoms with van der Waals surface area (Å²) in [6.45, 7) is 3.91. The van der Waals surface area contributed by atoms with Gasteiger partial charge in [0.15, 0.2) is 0 Å². The number of hydrogen-bond acceptors (Lipinski definition) is 4. The lowest BCUT2D eigenvalue weighted by Gasteiger charge is -2.29. The molecule has 0 saturated heterocycles. The summed E-state index contributed by atoms with van der Waals surface area (Å²) in [5, 5.41) is 6.32. The Morgan fingerprint density at radius 2 is 1.42 bits per heavy atom. The molecule has 2 fully saturated rings. The monoisotopic (exact) mass is 360 g/mol. The first kappa shape index (κ1) is 18.9. The fourth-order valence-electron chi connectivity index (χ4n) is 4.06. The Morgan fingerprint density at radius 3 is 2.00 bits per heavy atom. The lowest BCUT2D eigenvalue weighted by Crippen LogP contribution is -2.47. The Balaban J connectivity index is 1.39. The number of aromatic nitrogens is 2. The third kappa shape index (κ3) is 5.85. The number of hydrogen-bond donors (Lipinski definition) is 2. The van der Waals surface area contributed by atoms with Crippen molar-refractivity contribution in [2.45, 2.75) is 96.2 Å². The Bertz CT molecular complexity index is 571. The first-order chi connectivity index (χ1) is 12.6. The van der Waals surface area contributed by atoms with Crippen molar-refractivity contribution in [2.75, 3.05) is 0 Å². The van der Waals surface area contributed by atoms with E-state index in [1.54, 1.807) is 0 Å². The zero-order valence-electron chi connectivity index (χ0n) is 16.1. The summed E-state index contributed by atoms with van der Waals surface area (Å²) in [7, 11) is 0. The van der Waals surface area contributed by atoms with Crippen molar-refractivity contribution in [1.29, 1.82) is 0 Å². The second-order valence-electron chi connectivity index (χ2n) is 7.83. The second-order valence-corrected chi connectivity index (χ2v) is 7.83. The number of carbonyl (C=O) groups is 1.